The summed E-state index contributed by atoms with van der Waals surface area (Å²) in [6.45, 7) is 3.62. The Hall–Kier alpha value is -1.81. The first-order chi connectivity index (χ1) is 7.59. The minimum Gasteiger partial charge on any atom is -0.372 e. The number of para-hydroxylation sites is 1. The lowest BCUT2D eigenvalue weighted by Crippen LogP contribution is -2.25. The minimum absolute atomic E-state index is 0.116. The molecule has 82 valence electrons. The highest BCUT2D eigenvalue weighted by molar-refractivity contribution is 6.29. The Balaban J connectivity index is 2.87. The van der Waals surface area contributed by atoms with Crippen molar-refractivity contribution in [1.82, 2.24) is 4.57 Å². The molecule has 0 spiro atoms. The molecule has 0 bridgehead atoms. The predicted molar refractivity (Wildman–Crippen MR) is 61.7 cm³/mol. The van der Waals surface area contributed by atoms with Crippen molar-refractivity contribution in [2.45, 2.75) is 6.54 Å². The summed E-state index contributed by atoms with van der Waals surface area (Å²) >= 11 is 5.65. The Morgan fingerprint density at radius 2 is 2.06 bits per heavy atom. The van der Waals surface area contributed by atoms with Crippen LogP contribution in [0.3, 0.4) is 0 Å². The summed E-state index contributed by atoms with van der Waals surface area (Å²) in [7, 11) is 0. The fourth-order valence-electron chi connectivity index (χ4n) is 1.49. The van der Waals surface area contributed by atoms with E-state index in [0.29, 0.717) is 15.9 Å². The average Bonchev–Trinajstić information content (AvgIpc) is 2.24. The van der Waals surface area contributed by atoms with Gasteiger partial charge in [-0.3, -0.25) is 4.57 Å². The second kappa shape index (κ2) is 3.98. The molecular weight excluding hydrogens is 230 g/mol. The van der Waals surface area contributed by atoms with Gasteiger partial charge in [0.25, 0.3) is 0 Å². The van der Waals surface area contributed by atoms with Crippen LogP contribution in [0.1, 0.15) is 0 Å². The molecule has 0 unspecified atom stereocenters. The molecule has 0 atom stereocenters. The minimum atomic E-state index is -0.731. The molecule has 1 aromatic heterocycles. The summed E-state index contributed by atoms with van der Waals surface area (Å²) in [6.07, 6.45) is 0. The van der Waals surface area contributed by atoms with Gasteiger partial charge in [0.1, 0.15) is 0 Å². The van der Waals surface area contributed by atoms with Crippen molar-refractivity contribution in [2.24, 2.45) is 0 Å². The summed E-state index contributed by atoms with van der Waals surface area (Å²) in [5.41, 5.74) is -0.150. The number of halogens is 1. The largest absolute Gasteiger partial charge is 0.422 e. The molecule has 5 heteroatoms. The Kier molecular flexibility index (Phi) is 2.66. The molecule has 1 heterocycles. The van der Waals surface area contributed by atoms with Crippen molar-refractivity contribution in [3.8, 4) is 0 Å². The molecule has 0 saturated carbocycles. The summed E-state index contributed by atoms with van der Waals surface area (Å²) in [6, 6.07) is 6.68. The molecule has 0 aliphatic carbocycles. The van der Waals surface area contributed by atoms with Gasteiger partial charge < -0.3 is 4.42 Å². The highest BCUT2D eigenvalue weighted by Gasteiger charge is 2.08. The molecule has 0 saturated heterocycles. The summed E-state index contributed by atoms with van der Waals surface area (Å²) in [4.78, 5) is 22.9. The zero-order valence-corrected chi connectivity index (χ0v) is 9.03. The number of fused-ring (bicyclic) bond motifs is 1. The van der Waals surface area contributed by atoms with Crippen LogP contribution in [0.2, 0.25) is 0 Å². The smallest absolute Gasteiger partial charge is 0.372 e. The van der Waals surface area contributed by atoms with Gasteiger partial charge in [-0.2, -0.15) is 0 Å². The number of rotatable bonds is 2. The van der Waals surface area contributed by atoms with E-state index in [0.717, 1.165) is 0 Å². The van der Waals surface area contributed by atoms with E-state index in [1.165, 1.54) is 4.57 Å². The number of allylic oxidation sites excluding steroid dienone is 1. The summed E-state index contributed by atoms with van der Waals surface area (Å²) in [5, 5.41) is 0.640. The van der Waals surface area contributed by atoms with Crippen molar-refractivity contribution >= 4 is 22.5 Å². The third kappa shape index (κ3) is 1.79. The van der Waals surface area contributed by atoms with E-state index < -0.39 is 11.4 Å². The number of benzene rings is 1. The van der Waals surface area contributed by atoms with E-state index in [2.05, 4.69) is 11.0 Å². The van der Waals surface area contributed by atoms with Crippen LogP contribution in [0.15, 0.2) is 49.9 Å². The first-order valence-electron chi connectivity index (χ1n) is 4.55. The third-order valence-electron chi connectivity index (χ3n) is 2.14. The zero-order valence-electron chi connectivity index (χ0n) is 8.27. The molecule has 0 aliphatic heterocycles. The van der Waals surface area contributed by atoms with Crippen molar-refractivity contribution < 1.29 is 4.42 Å². The van der Waals surface area contributed by atoms with Gasteiger partial charge in [0, 0.05) is 5.03 Å². The van der Waals surface area contributed by atoms with Gasteiger partial charge in [-0.25, -0.2) is 9.59 Å². The fourth-order valence-corrected chi connectivity index (χ4v) is 1.61. The zero-order chi connectivity index (χ0) is 11.7. The van der Waals surface area contributed by atoms with Gasteiger partial charge in [0.05, 0.1) is 17.4 Å². The lowest BCUT2D eigenvalue weighted by molar-refractivity contribution is 0.425. The van der Waals surface area contributed by atoms with Gasteiger partial charge in [-0.15, -0.1) is 0 Å². The number of nitrogens with zero attached hydrogens (tertiary/aromatic N) is 1. The molecule has 0 N–H and O–H groups in total. The highest BCUT2D eigenvalue weighted by atomic mass is 35.5. The van der Waals surface area contributed by atoms with E-state index >= 15 is 0 Å². The topological polar surface area (TPSA) is 52.2 Å². The number of hydrogen-bond acceptors (Lipinski definition) is 3. The number of aromatic nitrogens is 1. The maximum atomic E-state index is 11.5. The molecule has 2 aromatic rings. The van der Waals surface area contributed by atoms with E-state index in [4.69, 9.17) is 11.6 Å². The van der Waals surface area contributed by atoms with Crippen LogP contribution >= 0.6 is 11.6 Å². The lowest BCUT2D eigenvalue weighted by atomic mass is 10.2. The van der Waals surface area contributed by atoms with Crippen molar-refractivity contribution in [1.29, 1.82) is 0 Å². The molecule has 1 aromatic carbocycles. The first kappa shape index (κ1) is 10.7. The molecular formula is C11H8ClNO3. The average molecular weight is 238 g/mol. The van der Waals surface area contributed by atoms with Crippen molar-refractivity contribution in [3.63, 3.8) is 0 Å². The maximum absolute atomic E-state index is 11.5. The van der Waals surface area contributed by atoms with E-state index in [1.807, 2.05) is 0 Å². The van der Waals surface area contributed by atoms with Gasteiger partial charge in [0.2, 0.25) is 0 Å². The molecule has 2 rings (SSSR count). The van der Waals surface area contributed by atoms with Gasteiger partial charge >= 0.3 is 11.4 Å². The van der Waals surface area contributed by atoms with Gasteiger partial charge in [-0.1, -0.05) is 30.3 Å². The Bertz CT molecular complexity index is 669. The summed E-state index contributed by atoms with van der Waals surface area (Å²) < 4.78 is 5.84. The monoisotopic (exact) mass is 237 g/mol. The van der Waals surface area contributed by atoms with Crippen LogP contribution in [-0.4, -0.2) is 4.57 Å². The third-order valence-corrected chi connectivity index (χ3v) is 2.26. The Morgan fingerprint density at radius 1 is 1.38 bits per heavy atom. The van der Waals surface area contributed by atoms with Crippen molar-refractivity contribution in [3.05, 3.63) is 56.8 Å². The lowest BCUT2D eigenvalue weighted by Gasteiger charge is -2.06. The fraction of sp³-hybridized carbons (Fsp3) is 0.0909. The van der Waals surface area contributed by atoms with Crippen LogP contribution in [0.5, 0.6) is 0 Å². The highest BCUT2D eigenvalue weighted by Crippen LogP contribution is 2.09. The van der Waals surface area contributed by atoms with E-state index in [-0.39, 0.29) is 6.54 Å². The molecule has 0 aliphatic rings. The Labute approximate surface area is 95.4 Å². The molecule has 0 fully saturated rings. The normalized spacial score (nSPS) is 10.6. The van der Waals surface area contributed by atoms with E-state index in [9.17, 15) is 9.59 Å². The predicted octanol–water partition coefficient (Wildman–Crippen LogP) is 1.71. The van der Waals surface area contributed by atoms with Gasteiger partial charge in [-0.05, 0) is 12.1 Å². The van der Waals surface area contributed by atoms with Crippen LogP contribution in [0.4, 0.5) is 0 Å². The molecule has 16 heavy (non-hydrogen) atoms. The molecule has 0 amide bonds. The van der Waals surface area contributed by atoms with Crippen LogP contribution in [-0.2, 0) is 6.54 Å². The first-order valence-corrected chi connectivity index (χ1v) is 4.93. The Morgan fingerprint density at radius 3 is 2.75 bits per heavy atom. The van der Waals surface area contributed by atoms with Crippen LogP contribution in [0.25, 0.3) is 10.9 Å². The second-order valence-electron chi connectivity index (χ2n) is 3.28. The van der Waals surface area contributed by atoms with Crippen molar-refractivity contribution in [2.75, 3.05) is 0 Å². The van der Waals surface area contributed by atoms with E-state index in [1.54, 1.807) is 24.3 Å². The van der Waals surface area contributed by atoms with Crippen LogP contribution in [0, 0.1) is 0 Å². The quantitative estimate of drug-likeness (QED) is 0.799. The van der Waals surface area contributed by atoms with Gasteiger partial charge in [0.15, 0.2) is 0 Å². The molecule has 0 radical (unpaired) electrons. The molecule has 4 nitrogen and oxygen atoms in total. The standard InChI is InChI=1S/C11H8ClNO3/c1-7(12)6-13-9-5-3-2-4-8(9)10(14)16-11(13)15/h2-5H,1,6H2. The number of hydrogen-bond donors (Lipinski definition) is 0. The summed E-state index contributed by atoms with van der Waals surface area (Å²) in [5.74, 6) is -0.731. The maximum Gasteiger partial charge on any atom is 0.422 e. The SMILES string of the molecule is C=C(Cl)Cn1c(=O)oc(=O)c2ccccc21. The second-order valence-corrected chi connectivity index (χ2v) is 3.81. The van der Waals surface area contributed by atoms with Crippen LogP contribution < -0.4 is 11.4 Å².